The van der Waals surface area contributed by atoms with E-state index in [-0.39, 0.29) is 12.1 Å². The molecular weight excluding hydrogens is 172 g/mol. The van der Waals surface area contributed by atoms with Crippen LogP contribution in [0.25, 0.3) is 0 Å². The molecule has 4 heteroatoms. The van der Waals surface area contributed by atoms with E-state index in [2.05, 4.69) is 19.3 Å². The van der Waals surface area contributed by atoms with Gasteiger partial charge in [0.15, 0.2) is 0 Å². The first-order valence-electron chi connectivity index (χ1n) is 4.41. The third kappa shape index (κ3) is 2.62. The summed E-state index contributed by atoms with van der Waals surface area (Å²) in [5, 5.41) is 0. The zero-order chi connectivity index (χ0) is 8.97. The van der Waals surface area contributed by atoms with Crippen molar-refractivity contribution in [3.63, 3.8) is 0 Å². The topological polar surface area (TPSA) is 47.3 Å². The molecule has 3 nitrogen and oxygen atoms in total. The monoisotopic (exact) mass is 190 g/mol. The number of rotatable bonds is 3. The van der Waals surface area contributed by atoms with E-state index < -0.39 is 0 Å². The molecule has 1 heterocycles. The Morgan fingerprint density at radius 1 is 1.58 bits per heavy atom. The van der Waals surface area contributed by atoms with Crippen LogP contribution in [0.4, 0.5) is 0 Å². The Bertz CT molecular complexity index is 126. The third-order valence-electron chi connectivity index (χ3n) is 2.15. The minimum atomic E-state index is 0.286. The standard InChI is InChI=1S/C8H18N2OS/c1-6(2)8(10-9)7-5-12-4-3-11-7/h6-8,10H,3-5,9H2,1-2H3. The quantitative estimate of drug-likeness (QED) is 0.505. The molecule has 0 radical (unpaired) electrons. The smallest absolute Gasteiger partial charge is 0.0834 e. The summed E-state index contributed by atoms with van der Waals surface area (Å²) >= 11 is 1.94. The molecule has 0 spiro atoms. The number of hydrogen-bond acceptors (Lipinski definition) is 4. The molecule has 1 rings (SSSR count). The normalized spacial score (nSPS) is 27.5. The second-order valence-electron chi connectivity index (χ2n) is 3.42. The van der Waals surface area contributed by atoms with Gasteiger partial charge in [-0.25, -0.2) is 0 Å². The van der Waals surface area contributed by atoms with Crippen molar-refractivity contribution in [1.82, 2.24) is 5.43 Å². The van der Waals surface area contributed by atoms with Crippen molar-refractivity contribution in [1.29, 1.82) is 0 Å². The molecule has 2 atom stereocenters. The number of ether oxygens (including phenoxy) is 1. The van der Waals surface area contributed by atoms with E-state index in [0.717, 1.165) is 18.1 Å². The van der Waals surface area contributed by atoms with E-state index in [1.807, 2.05) is 11.8 Å². The lowest BCUT2D eigenvalue weighted by Gasteiger charge is -2.32. The second-order valence-corrected chi connectivity index (χ2v) is 4.57. The van der Waals surface area contributed by atoms with Gasteiger partial charge in [0.2, 0.25) is 0 Å². The molecule has 12 heavy (non-hydrogen) atoms. The fourth-order valence-corrected chi connectivity index (χ4v) is 2.36. The molecule has 1 aliphatic heterocycles. The average Bonchev–Trinajstić information content (AvgIpc) is 2.07. The zero-order valence-corrected chi connectivity index (χ0v) is 8.56. The number of nitrogens with two attached hydrogens (primary N) is 1. The van der Waals surface area contributed by atoms with Gasteiger partial charge in [-0.1, -0.05) is 13.8 Å². The highest BCUT2D eigenvalue weighted by molar-refractivity contribution is 7.99. The molecular formula is C8H18N2OS. The van der Waals surface area contributed by atoms with Crippen LogP contribution in [0.2, 0.25) is 0 Å². The number of hydrazine groups is 1. The molecule has 3 N–H and O–H groups in total. The molecule has 0 bridgehead atoms. The van der Waals surface area contributed by atoms with E-state index in [0.29, 0.717) is 5.92 Å². The minimum absolute atomic E-state index is 0.286. The molecule has 0 aromatic carbocycles. The van der Waals surface area contributed by atoms with Gasteiger partial charge in [0.1, 0.15) is 0 Å². The Balaban J connectivity index is 2.40. The first kappa shape index (κ1) is 10.3. The maximum absolute atomic E-state index is 5.63. The summed E-state index contributed by atoms with van der Waals surface area (Å²) in [6.45, 7) is 5.18. The van der Waals surface area contributed by atoms with Crippen molar-refractivity contribution in [2.24, 2.45) is 11.8 Å². The maximum atomic E-state index is 5.63. The minimum Gasteiger partial charge on any atom is -0.375 e. The van der Waals surface area contributed by atoms with Crippen molar-refractivity contribution >= 4 is 11.8 Å². The lowest BCUT2D eigenvalue weighted by molar-refractivity contribution is 0.0344. The van der Waals surface area contributed by atoms with Crippen LogP contribution in [-0.4, -0.2) is 30.3 Å². The van der Waals surface area contributed by atoms with Crippen molar-refractivity contribution < 1.29 is 4.74 Å². The zero-order valence-electron chi connectivity index (χ0n) is 7.75. The van der Waals surface area contributed by atoms with Crippen molar-refractivity contribution in [2.45, 2.75) is 26.0 Å². The molecule has 72 valence electrons. The molecule has 0 amide bonds. The number of nitrogens with one attached hydrogen (secondary N) is 1. The summed E-state index contributed by atoms with van der Waals surface area (Å²) < 4.78 is 5.63. The van der Waals surface area contributed by atoms with Gasteiger partial charge in [0.05, 0.1) is 18.8 Å². The molecule has 0 aromatic rings. The molecule has 1 fully saturated rings. The van der Waals surface area contributed by atoms with Crippen LogP contribution in [0.5, 0.6) is 0 Å². The Kier molecular flexibility index (Phi) is 4.35. The number of hydrogen-bond donors (Lipinski definition) is 2. The van der Waals surface area contributed by atoms with E-state index in [4.69, 9.17) is 10.6 Å². The lowest BCUT2D eigenvalue weighted by atomic mass is 10.0. The Labute approximate surface area is 78.4 Å². The van der Waals surface area contributed by atoms with Gasteiger partial charge >= 0.3 is 0 Å². The predicted molar refractivity (Wildman–Crippen MR) is 53.0 cm³/mol. The van der Waals surface area contributed by atoms with Crippen LogP contribution >= 0.6 is 11.8 Å². The van der Waals surface area contributed by atoms with Crippen molar-refractivity contribution in [2.75, 3.05) is 18.1 Å². The Hall–Kier alpha value is 0.230. The Morgan fingerprint density at radius 2 is 2.33 bits per heavy atom. The molecule has 0 aromatic heterocycles. The van der Waals surface area contributed by atoms with Gasteiger partial charge in [-0.3, -0.25) is 11.3 Å². The van der Waals surface area contributed by atoms with Crippen LogP contribution in [0.15, 0.2) is 0 Å². The first-order valence-corrected chi connectivity index (χ1v) is 5.56. The van der Waals surface area contributed by atoms with Crippen LogP contribution in [0.1, 0.15) is 13.8 Å². The van der Waals surface area contributed by atoms with Crippen LogP contribution in [0, 0.1) is 5.92 Å². The van der Waals surface area contributed by atoms with E-state index in [1.54, 1.807) is 0 Å². The van der Waals surface area contributed by atoms with Crippen molar-refractivity contribution in [3.05, 3.63) is 0 Å². The number of thioether (sulfide) groups is 1. The second kappa shape index (κ2) is 5.07. The molecule has 2 unspecified atom stereocenters. The summed E-state index contributed by atoms with van der Waals surface area (Å²) in [4.78, 5) is 0. The largest absolute Gasteiger partial charge is 0.375 e. The summed E-state index contributed by atoms with van der Waals surface area (Å²) in [7, 11) is 0. The molecule has 0 aliphatic carbocycles. The van der Waals surface area contributed by atoms with Gasteiger partial charge < -0.3 is 4.74 Å². The van der Waals surface area contributed by atoms with Gasteiger partial charge in [0.25, 0.3) is 0 Å². The summed E-state index contributed by atoms with van der Waals surface area (Å²) in [6.07, 6.45) is 0.286. The maximum Gasteiger partial charge on any atom is 0.0834 e. The van der Waals surface area contributed by atoms with Crippen LogP contribution in [0.3, 0.4) is 0 Å². The fraction of sp³-hybridized carbons (Fsp3) is 1.00. The average molecular weight is 190 g/mol. The summed E-state index contributed by atoms with van der Waals surface area (Å²) in [5.74, 6) is 8.17. The van der Waals surface area contributed by atoms with Gasteiger partial charge in [-0.05, 0) is 5.92 Å². The van der Waals surface area contributed by atoms with Gasteiger partial charge in [-0.15, -0.1) is 0 Å². The summed E-state index contributed by atoms with van der Waals surface area (Å²) in [5.41, 5.74) is 2.83. The summed E-state index contributed by atoms with van der Waals surface area (Å²) in [6, 6.07) is 0.290. The first-order chi connectivity index (χ1) is 5.75. The lowest BCUT2D eigenvalue weighted by Crippen LogP contribution is -2.50. The van der Waals surface area contributed by atoms with E-state index in [1.165, 1.54) is 0 Å². The third-order valence-corrected chi connectivity index (χ3v) is 3.17. The SMILES string of the molecule is CC(C)C(NN)C1CSCCO1. The van der Waals surface area contributed by atoms with Gasteiger partial charge in [0, 0.05) is 11.5 Å². The molecule has 1 saturated heterocycles. The molecule has 1 aliphatic rings. The highest BCUT2D eigenvalue weighted by atomic mass is 32.2. The fourth-order valence-electron chi connectivity index (χ4n) is 1.44. The van der Waals surface area contributed by atoms with E-state index in [9.17, 15) is 0 Å². The predicted octanol–water partition coefficient (Wildman–Crippen LogP) is 0.606. The van der Waals surface area contributed by atoms with Gasteiger partial charge in [-0.2, -0.15) is 11.8 Å². The highest BCUT2D eigenvalue weighted by Crippen LogP contribution is 2.18. The van der Waals surface area contributed by atoms with E-state index >= 15 is 0 Å². The highest BCUT2D eigenvalue weighted by Gasteiger charge is 2.26. The molecule has 0 saturated carbocycles. The van der Waals surface area contributed by atoms with Crippen LogP contribution in [-0.2, 0) is 4.74 Å². The Morgan fingerprint density at radius 3 is 2.75 bits per heavy atom. The van der Waals surface area contributed by atoms with Crippen LogP contribution < -0.4 is 11.3 Å². The van der Waals surface area contributed by atoms with Crippen molar-refractivity contribution in [3.8, 4) is 0 Å².